The Morgan fingerprint density at radius 3 is 2.42 bits per heavy atom. The van der Waals surface area contributed by atoms with Crippen LogP contribution >= 0.6 is 0 Å². The largest absolute Gasteiger partial charge is 0.322 e. The lowest BCUT2D eigenvalue weighted by Gasteiger charge is -2.23. The molecule has 1 aliphatic heterocycles. The molecule has 5 nitrogen and oxygen atoms in total. The number of nitrogens with one attached hydrogen (secondary N) is 1. The molecular formula is C20H24N2O3S. The second kappa shape index (κ2) is 6.76. The van der Waals surface area contributed by atoms with Gasteiger partial charge < -0.3 is 5.32 Å². The van der Waals surface area contributed by atoms with Gasteiger partial charge in [0.15, 0.2) is 0 Å². The molecule has 1 aliphatic rings. The molecule has 0 radical (unpaired) electrons. The minimum atomic E-state index is -3.32. The number of carbonyl (C=O) groups is 1. The molecule has 26 heavy (non-hydrogen) atoms. The summed E-state index contributed by atoms with van der Waals surface area (Å²) < 4.78 is 26.2. The van der Waals surface area contributed by atoms with Crippen LogP contribution < -0.4 is 9.62 Å². The van der Waals surface area contributed by atoms with Crippen molar-refractivity contribution >= 4 is 27.3 Å². The zero-order valence-electron chi connectivity index (χ0n) is 15.5. The molecule has 138 valence electrons. The van der Waals surface area contributed by atoms with E-state index in [-0.39, 0.29) is 17.7 Å². The average molecular weight is 372 g/mol. The third-order valence-corrected chi connectivity index (χ3v) is 6.52. The molecule has 0 bridgehead atoms. The lowest BCUT2D eigenvalue weighted by atomic mass is 10.1. The lowest BCUT2D eigenvalue weighted by Crippen LogP contribution is -2.36. The highest BCUT2D eigenvalue weighted by Gasteiger charge is 2.34. The minimum absolute atomic E-state index is 0.0612. The van der Waals surface area contributed by atoms with Gasteiger partial charge in [-0.2, -0.15) is 0 Å². The van der Waals surface area contributed by atoms with Crippen LogP contribution in [-0.4, -0.2) is 26.1 Å². The Labute approximate surface area is 155 Å². The van der Waals surface area contributed by atoms with Gasteiger partial charge in [0.25, 0.3) is 5.91 Å². The lowest BCUT2D eigenvalue weighted by molar-refractivity contribution is 0.102. The summed E-state index contributed by atoms with van der Waals surface area (Å²) in [6.45, 7) is 7.51. The smallest absolute Gasteiger partial charge is 0.255 e. The van der Waals surface area contributed by atoms with Crippen molar-refractivity contribution in [3.05, 3.63) is 58.7 Å². The maximum atomic E-state index is 12.6. The number of hydrogen-bond donors (Lipinski definition) is 1. The molecule has 2 aromatic rings. The van der Waals surface area contributed by atoms with Crippen molar-refractivity contribution in [2.45, 2.75) is 40.2 Å². The molecule has 6 heteroatoms. The molecular weight excluding hydrogens is 348 g/mol. The maximum Gasteiger partial charge on any atom is 0.255 e. The first-order chi connectivity index (χ1) is 12.2. The Kier molecular flexibility index (Phi) is 4.80. The van der Waals surface area contributed by atoms with Gasteiger partial charge in [0.1, 0.15) is 0 Å². The summed E-state index contributed by atoms with van der Waals surface area (Å²) in [4.78, 5) is 12.6. The average Bonchev–Trinajstić information content (AvgIpc) is 2.89. The maximum absolute atomic E-state index is 12.6. The highest BCUT2D eigenvalue weighted by molar-refractivity contribution is 7.92. The normalized spacial score (nSPS) is 16.5. The van der Waals surface area contributed by atoms with Crippen molar-refractivity contribution in [1.29, 1.82) is 0 Å². The third kappa shape index (κ3) is 3.46. The van der Waals surface area contributed by atoms with Crippen molar-refractivity contribution in [2.75, 3.05) is 15.4 Å². The molecule has 0 aromatic heterocycles. The number of carbonyl (C=O) groups excluding carboxylic acids is 1. The second-order valence-electron chi connectivity index (χ2n) is 6.92. The first kappa shape index (κ1) is 18.5. The van der Waals surface area contributed by atoms with Crippen molar-refractivity contribution in [3.63, 3.8) is 0 Å². The summed E-state index contributed by atoms with van der Waals surface area (Å²) in [6.07, 6.45) is 0.610. The van der Waals surface area contributed by atoms with Gasteiger partial charge in [0.2, 0.25) is 10.0 Å². The number of fused-ring (bicyclic) bond motifs is 1. The van der Waals surface area contributed by atoms with E-state index in [1.165, 1.54) is 4.31 Å². The molecule has 1 heterocycles. The van der Waals surface area contributed by atoms with Gasteiger partial charge in [-0.05, 0) is 81.1 Å². The molecule has 0 saturated carbocycles. The fraction of sp³-hybridized carbons (Fsp3) is 0.350. The van der Waals surface area contributed by atoms with Crippen LogP contribution in [0.5, 0.6) is 0 Å². The van der Waals surface area contributed by atoms with E-state index < -0.39 is 10.0 Å². The predicted octanol–water partition coefficient (Wildman–Crippen LogP) is 3.66. The first-order valence-corrected chi connectivity index (χ1v) is 10.4. The Morgan fingerprint density at radius 2 is 1.81 bits per heavy atom. The number of rotatable bonds is 4. The van der Waals surface area contributed by atoms with Crippen LogP contribution in [0.1, 0.15) is 40.9 Å². The minimum Gasteiger partial charge on any atom is -0.322 e. The summed E-state index contributed by atoms with van der Waals surface area (Å²) >= 11 is 0. The van der Waals surface area contributed by atoms with E-state index in [1.54, 1.807) is 25.1 Å². The highest BCUT2D eigenvalue weighted by Crippen LogP contribution is 2.35. The molecule has 2 aromatic carbocycles. The summed E-state index contributed by atoms with van der Waals surface area (Å²) in [6, 6.07) is 11.0. The van der Waals surface area contributed by atoms with E-state index >= 15 is 0 Å². The van der Waals surface area contributed by atoms with E-state index in [0.29, 0.717) is 17.7 Å². The molecule has 0 fully saturated rings. The molecule has 1 atom stereocenters. The van der Waals surface area contributed by atoms with Crippen molar-refractivity contribution in [1.82, 2.24) is 0 Å². The van der Waals surface area contributed by atoms with Gasteiger partial charge in [-0.15, -0.1) is 0 Å². The molecule has 1 N–H and O–H groups in total. The molecule has 0 aliphatic carbocycles. The number of amides is 1. The van der Waals surface area contributed by atoms with Crippen LogP contribution in [0.15, 0.2) is 36.4 Å². The summed E-state index contributed by atoms with van der Waals surface area (Å²) in [5.41, 5.74) is 5.04. The Hall–Kier alpha value is -2.34. The molecule has 0 saturated heterocycles. The highest BCUT2D eigenvalue weighted by atomic mass is 32.2. The van der Waals surface area contributed by atoms with E-state index in [1.807, 2.05) is 32.9 Å². The van der Waals surface area contributed by atoms with Crippen LogP contribution in [0, 0.1) is 13.8 Å². The number of hydrogen-bond acceptors (Lipinski definition) is 3. The van der Waals surface area contributed by atoms with Crippen molar-refractivity contribution in [2.24, 2.45) is 0 Å². The molecule has 0 spiro atoms. The van der Waals surface area contributed by atoms with Crippen molar-refractivity contribution in [3.8, 4) is 0 Å². The standard InChI is InChI=1S/C20H24N2O3S/c1-5-26(24,25)22-15(4)11-17-12-16(6-7-19(17)22)20(23)21-18-9-13(2)8-14(3)10-18/h6-10,12,15H,5,11H2,1-4H3,(H,21,23)/t15-/m1/s1. The van der Waals surface area contributed by atoms with E-state index in [9.17, 15) is 13.2 Å². The number of nitrogens with zero attached hydrogens (tertiary/aromatic N) is 1. The molecule has 1 amide bonds. The fourth-order valence-electron chi connectivity index (χ4n) is 3.56. The fourth-order valence-corrected chi connectivity index (χ4v) is 4.94. The van der Waals surface area contributed by atoms with Crippen LogP contribution in [0.25, 0.3) is 0 Å². The van der Waals surface area contributed by atoms with Crippen LogP contribution in [-0.2, 0) is 16.4 Å². The summed E-state index contributed by atoms with van der Waals surface area (Å²) in [5.74, 6) is -0.131. The number of benzene rings is 2. The Balaban J connectivity index is 1.88. The molecule has 0 unspecified atom stereocenters. The first-order valence-electron chi connectivity index (χ1n) is 8.76. The topological polar surface area (TPSA) is 66.5 Å². The van der Waals surface area contributed by atoms with Gasteiger partial charge in [-0.3, -0.25) is 9.10 Å². The van der Waals surface area contributed by atoms with Gasteiger partial charge in [0, 0.05) is 17.3 Å². The third-order valence-electron chi connectivity index (χ3n) is 4.64. The second-order valence-corrected chi connectivity index (χ2v) is 9.06. The zero-order valence-corrected chi connectivity index (χ0v) is 16.4. The van der Waals surface area contributed by atoms with E-state index in [2.05, 4.69) is 11.4 Å². The Morgan fingerprint density at radius 1 is 1.15 bits per heavy atom. The summed E-state index contributed by atoms with van der Waals surface area (Å²) in [5, 5.41) is 2.92. The van der Waals surface area contributed by atoms with Crippen LogP contribution in [0.4, 0.5) is 11.4 Å². The van der Waals surface area contributed by atoms with Gasteiger partial charge in [-0.25, -0.2) is 8.42 Å². The van der Waals surface area contributed by atoms with Gasteiger partial charge in [-0.1, -0.05) is 6.07 Å². The van der Waals surface area contributed by atoms with Crippen molar-refractivity contribution < 1.29 is 13.2 Å². The predicted molar refractivity (Wildman–Crippen MR) is 105 cm³/mol. The van der Waals surface area contributed by atoms with Crippen LogP contribution in [0.3, 0.4) is 0 Å². The van der Waals surface area contributed by atoms with E-state index in [4.69, 9.17) is 0 Å². The number of aryl methyl sites for hydroxylation is 2. The monoisotopic (exact) mass is 372 g/mol. The zero-order chi connectivity index (χ0) is 19.1. The quantitative estimate of drug-likeness (QED) is 0.891. The Bertz CT molecular complexity index is 947. The van der Waals surface area contributed by atoms with E-state index in [0.717, 1.165) is 22.4 Å². The van der Waals surface area contributed by atoms with Gasteiger partial charge >= 0.3 is 0 Å². The molecule has 3 rings (SSSR count). The van der Waals surface area contributed by atoms with Crippen LogP contribution in [0.2, 0.25) is 0 Å². The number of anilines is 2. The summed E-state index contributed by atoms with van der Waals surface area (Å²) in [7, 11) is -3.32. The number of sulfonamides is 1. The SMILES string of the molecule is CCS(=O)(=O)N1c2ccc(C(=O)Nc3cc(C)cc(C)c3)cc2C[C@H]1C. The van der Waals surface area contributed by atoms with Gasteiger partial charge in [0.05, 0.1) is 11.4 Å².